The zero-order valence-electron chi connectivity index (χ0n) is 7.70. The first kappa shape index (κ1) is 9.73. The molecule has 0 atom stereocenters. The Bertz CT molecular complexity index is 403. The lowest BCUT2D eigenvalue weighted by Gasteiger charge is -2.13. The second kappa shape index (κ2) is 3.57. The highest BCUT2D eigenvalue weighted by atomic mass is 16.2. The molecule has 0 saturated heterocycles. The number of hydrogen-bond donors (Lipinski definition) is 2. The van der Waals surface area contributed by atoms with E-state index in [-0.39, 0.29) is 12.6 Å². The van der Waals surface area contributed by atoms with Gasteiger partial charge in [-0.15, -0.1) is 0 Å². The number of aromatic amines is 1. The fourth-order valence-corrected chi connectivity index (χ4v) is 1.28. The lowest BCUT2D eigenvalue weighted by molar-refractivity contribution is 0.534. The molecule has 0 saturated carbocycles. The molecule has 0 aromatic carbocycles. The summed E-state index contributed by atoms with van der Waals surface area (Å²) in [7, 11) is 0. The van der Waals surface area contributed by atoms with Gasteiger partial charge in [-0.1, -0.05) is 0 Å². The maximum absolute atomic E-state index is 11.3. The molecule has 5 heteroatoms. The minimum atomic E-state index is -0.401. The van der Waals surface area contributed by atoms with E-state index in [2.05, 4.69) is 4.98 Å². The minimum absolute atomic E-state index is 0.00269. The largest absolute Gasteiger partial charge is 0.328 e. The maximum Gasteiger partial charge on any atom is 0.328 e. The van der Waals surface area contributed by atoms with Gasteiger partial charge < -0.3 is 5.73 Å². The quantitative estimate of drug-likeness (QED) is 0.653. The summed E-state index contributed by atoms with van der Waals surface area (Å²) < 4.78 is 1.47. The van der Waals surface area contributed by atoms with Gasteiger partial charge in [0.15, 0.2) is 0 Å². The van der Waals surface area contributed by atoms with E-state index in [9.17, 15) is 9.59 Å². The number of aromatic nitrogens is 2. The predicted molar refractivity (Wildman–Crippen MR) is 49.6 cm³/mol. The zero-order valence-corrected chi connectivity index (χ0v) is 7.70. The van der Waals surface area contributed by atoms with Crippen molar-refractivity contribution in [3.8, 4) is 0 Å². The molecule has 72 valence electrons. The van der Waals surface area contributed by atoms with Gasteiger partial charge in [0.2, 0.25) is 0 Å². The summed E-state index contributed by atoms with van der Waals surface area (Å²) in [4.78, 5) is 24.4. The third kappa shape index (κ3) is 1.86. The second-order valence-corrected chi connectivity index (χ2v) is 3.10. The Hall–Kier alpha value is -1.36. The van der Waals surface area contributed by atoms with E-state index < -0.39 is 11.2 Å². The summed E-state index contributed by atoms with van der Waals surface area (Å²) in [5.74, 6) is 0. The Labute approximate surface area is 75.2 Å². The highest BCUT2D eigenvalue weighted by Crippen LogP contribution is 2.01. The Morgan fingerprint density at radius 1 is 1.54 bits per heavy atom. The van der Waals surface area contributed by atoms with Crippen LogP contribution in [0.1, 0.15) is 25.6 Å². The molecule has 5 nitrogen and oxygen atoms in total. The van der Waals surface area contributed by atoms with Crippen molar-refractivity contribution in [1.29, 1.82) is 0 Å². The molecule has 0 amide bonds. The van der Waals surface area contributed by atoms with Crippen LogP contribution in [0.5, 0.6) is 0 Å². The molecule has 0 radical (unpaired) electrons. The Balaban J connectivity index is 3.48. The van der Waals surface area contributed by atoms with Gasteiger partial charge in [-0.2, -0.15) is 0 Å². The average Bonchev–Trinajstić information content (AvgIpc) is 2.01. The smallest absolute Gasteiger partial charge is 0.325 e. The topological polar surface area (TPSA) is 80.9 Å². The van der Waals surface area contributed by atoms with Crippen LogP contribution in [0.15, 0.2) is 15.7 Å². The van der Waals surface area contributed by atoms with Gasteiger partial charge in [-0.25, -0.2) is 4.79 Å². The van der Waals surface area contributed by atoms with Crippen molar-refractivity contribution in [1.82, 2.24) is 9.55 Å². The number of nitrogens with two attached hydrogens (primary N) is 1. The van der Waals surface area contributed by atoms with Crippen LogP contribution < -0.4 is 17.0 Å². The summed E-state index contributed by atoms with van der Waals surface area (Å²) in [6.45, 7) is 3.91. The maximum atomic E-state index is 11.3. The standard InChI is InChI=1S/C8H13N3O2/c1-5(2)11-6(4-9)3-7(12)10-8(11)13/h3,5H,4,9H2,1-2H3,(H,10,12,13). The highest BCUT2D eigenvalue weighted by Gasteiger charge is 2.06. The van der Waals surface area contributed by atoms with E-state index in [0.29, 0.717) is 5.69 Å². The molecule has 0 aliphatic heterocycles. The van der Waals surface area contributed by atoms with Crippen LogP contribution in [-0.4, -0.2) is 9.55 Å². The van der Waals surface area contributed by atoms with Gasteiger partial charge in [0.05, 0.1) is 0 Å². The fraction of sp³-hybridized carbons (Fsp3) is 0.500. The number of nitrogens with zero attached hydrogens (tertiary/aromatic N) is 1. The molecule has 0 aliphatic carbocycles. The van der Waals surface area contributed by atoms with Gasteiger partial charge in [0, 0.05) is 24.3 Å². The molecule has 1 heterocycles. The normalized spacial score (nSPS) is 10.8. The van der Waals surface area contributed by atoms with E-state index in [1.165, 1.54) is 10.6 Å². The second-order valence-electron chi connectivity index (χ2n) is 3.10. The van der Waals surface area contributed by atoms with Crippen molar-refractivity contribution >= 4 is 0 Å². The molecule has 0 fully saturated rings. The molecule has 1 rings (SSSR count). The van der Waals surface area contributed by atoms with E-state index >= 15 is 0 Å². The summed E-state index contributed by atoms with van der Waals surface area (Å²) in [5.41, 5.74) is 5.17. The van der Waals surface area contributed by atoms with Gasteiger partial charge >= 0.3 is 5.69 Å². The Morgan fingerprint density at radius 3 is 2.62 bits per heavy atom. The van der Waals surface area contributed by atoms with E-state index in [0.717, 1.165) is 0 Å². The van der Waals surface area contributed by atoms with Crippen LogP contribution in [0.25, 0.3) is 0 Å². The summed E-state index contributed by atoms with van der Waals surface area (Å²) in [6, 6.07) is 1.35. The van der Waals surface area contributed by atoms with E-state index in [1.807, 2.05) is 13.8 Å². The molecule has 0 spiro atoms. The first-order valence-electron chi connectivity index (χ1n) is 4.11. The van der Waals surface area contributed by atoms with Gasteiger partial charge in [0.25, 0.3) is 5.56 Å². The lowest BCUT2D eigenvalue weighted by Crippen LogP contribution is -2.34. The Morgan fingerprint density at radius 2 is 2.15 bits per heavy atom. The third-order valence-electron chi connectivity index (χ3n) is 1.78. The van der Waals surface area contributed by atoms with Crippen LogP contribution >= 0.6 is 0 Å². The van der Waals surface area contributed by atoms with Crippen molar-refractivity contribution in [2.45, 2.75) is 26.4 Å². The SMILES string of the molecule is CC(C)n1c(CN)cc(=O)[nH]c1=O. The molecular weight excluding hydrogens is 170 g/mol. The van der Waals surface area contributed by atoms with Crippen molar-refractivity contribution in [2.75, 3.05) is 0 Å². The minimum Gasteiger partial charge on any atom is -0.325 e. The van der Waals surface area contributed by atoms with E-state index in [1.54, 1.807) is 0 Å². The molecule has 1 aromatic heterocycles. The molecule has 1 aromatic rings. The summed E-state index contributed by atoms with van der Waals surface area (Å²) in [5, 5.41) is 0. The molecule has 0 bridgehead atoms. The van der Waals surface area contributed by atoms with Gasteiger partial charge in [-0.05, 0) is 13.8 Å². The number of nitrogens with one attached hydrogen (secondary N) is 1. The van der Waals surface area contributed by atoms with Crippen molar-refractivity contribution < 1.29 is 0 Å². The first-order chi connectivity index (χ1) is 6.06. The van der Waals surface area contributed by atoms with Crippen LogP contribution in [0.3, 0.4) is 0 Å². The highest BCUT2D eigenvalue weighted by molar-refractivity contribution is 5.01. The van der Waals surface area contributed by atoms with E-state index in [4.69, 9.17) is 5.73 Å². The first-order valence-corrected chi connectivity index (χ1v) is 4.11. The monoisotopic (exact) mass is 183 g/mol. The lowest BCUT2D eigenvalue weighted by atomic mass is 10.3. The molecular formula is C8H13N3O2. The van der Waals surface area contributed by atoms with Crippen molar-refractivity contribution in [2.24, 2.45) is 5.73 Å². The average molecular weight is 183 g/mol. The number of H-pyrrole nitrogens is 1. The van der Waals surface area contributed by atoms with Crippen LogP contribution in [0.4, 0.5) is 0 Å². The third-order valence-corrected chi connectivity index (χ3v) is 1.78. The van der Waals surface area contributed by atoms with Gasteiger partial charge in [-0.3, -0.25) is 14.3 Å². The summed E-state index contributed by atoms with van der Waals surface area (Å²) in [6.07, 6.45) is 0. The summed E-state index contributed by atoms with van der Waals surface area (Å²) >= 11 is 0. The number of rotatable bonds is 2. The van der Waals surface area contributed by atoms with Crippen molar-refractivity contribution in [3.63, 3.8) is 0 Å². The number of hydrogen-bond acceptors (Lipinski definition) is 3. The molecule has 0 unspecified atom stereocenters. The Kier molecular flexibility index (Phi) is 2.67. The van der Waals surface area contributed by atoms with Gasteiger partial charge in [0.1, 0.15) is 0 Å². The van der Waals surface area contributed by atoms with Crippen LogP contribution in [-0.2, 0) is 6.54 Å². The molecule has 13 heavy (non-hydrogen) atoms. The zero-order chi connectivity index (χ0) is 10.0. The molecule has 0 aliphatic rings. The fourth-order valence-electron chi connectivity index (χ4n) is 1.28. The predicted octanol–water partition coefficient (Wildman–Crippen LogP) is -0.424. The van der Waals surface area contributed by atoms with Crippen LogP contribution in [0.2, 0.25) is 0 Å². The van der Waals surface area contributed by atoms with Crippen molar-refractivity contribution in [3.05, 3.63) is 32.6 Å². The molecule has 3 N–H and O–H groups in total. The van der Waals surface area contributed by atoms with Crippen LogP contribution in [0, 0.1) is 0 Å².